The van der Waals surface area contributed by atoms with Gasteiger partial charge in [0.05, 0.1) is 0 Å². The molecular weight excluding hydrogens is 286 g/mol. The predicted octanol–water partition coefficient (Wildman–Crippen LogP) is 4.71. The molecule has 0 aliphatic rings. The van der Waals surface area contributed by atoms with E-state index >= 15 is 0 Å². The Bertz CT molecular complexity index is 502. The maximum atomic E-state index is 14.1. The fourth-order valence-electron chi connectivity index (χ4n) is 2.26. The minimum absolute atomic E-state index is 0.205. The summed E-state index contributed by atoms with van der Waals surface area (Å²) in [5, 5.41) is 9.92. The third kappa shape index (κ3) is 4.39. The summed E-state index contributed by atoms with van der Waals surface area (Å²) < 4.78 is 28.3. The van der Waals surface area contributed by atoms with Crippen molar-refractivity contribution in [3.63, 3.8) is 0 Å². The monoisotopic (exact) mass is 310 g/mol. The first-order valence-corrected chi connectivity index (χ1v) is 10.1. The van der Waals surface area contributed by atoms with E-state index in [9.17, 15) is 13.9 Å². The molecule has 0 saturated carbocycles. The molecule has 0 aliphatic heterocycles. The summed E-state index contributed by atoms with van der Waals surface area (Å²) in [6.45, 7) is 7.92. The molecule has 0 aromatic heterocycles. The van der Waals surface area contributed by atoms with E-state index in [2.05, 4.69) is 11.5 Å². The molecule has 1 aromatic carbocycles. The smallest absolute Gasteiger partial charge is 0.336 e. The standard InChI is InChI=1S/C17H24F2OSi/c1-5-21(6-2,7-3)13-12-17(18,19)16(20)15-10-8-14(4)9-11-15/h8-11,16,20H,5-7H2,1-4H3. The molecular formula is C17H24F2OSi. The second-order valence-corrected chi connectivity index (χ2v) is 10.5. The second-order valence-electron chi connectivity index (χ2n) is 5.53. The molecule has 1 rings (SSSR count). The molecule has 1 N–H and O–H groups in total. The third-order valence-corrected chi connectivity index (χ3v) is 8.98. The number of aliphatic hydroxyl groups is 1. The number of hydrogen-bond donors (Lipinski definition) is 1. The predicted molar refractivity (Wildman–Crippen MR) is 86.1 cm³/mol. The number of aryl methyl sites for hydroxylation is 1. The lowest BCUT2D eigenvalue weighted by atomic mass is 10.0. The SMILES string of the molecule is CC[Si](C#CC(F)(F)C(O)c1ccc(C)cc1)(CC)CC. The van der Waals surface area contributed by atoms with Crippen LogP contribution in [0.1, 0.15) is 38.0 Å². The Morgan fingerprint density at radius 1 is 1.10 bits per heavy atom. The van der Waals surface area contributed by atoms with Gasteiger partial charge >= 0.3 is 5.92 Å². The summed E-state index contributed by atoms with van der Waals surface area (Å²) in [4.78, 5) is 0. The highest BCUT2D eigenvalue weighted by molar-refractivity contribution is 6.87. The van der Waals surface area contributed by atoms with E-state index in [1.165, 1.54) is 12.1 Å². The first-order valence-electron chi connectivity index (χ1n) is 7.47. The van der Waals surface area contributed by atoms with E-state index in [1.54, 1.807) is 12.1 Å². The van der Waals surface area contributed by atoms with Crippen molar-refractivity contribution in [2.24, 2.45) is 0 Å². The summed E-state index contributed by atoms with van der Waals surface area (Å²) in [6, 6.07) is 9.08. The lowest BCUT2D eigenvalue weighted by Crippen LogP contribution is -2.32. The van der Waals surface area contributed by atoms with Gasteiger partial charge in [-0.3, -0.25) is 0 Å². The second kappa shape index (κ2) is 7.19. The first kappa shape index (κ1) is 17.9. The van der Waals surface area contributed by atoms with E-state index in [-0.39, 0.29) is 5.56 Å². The van der Waals surface area contributed by atoms with Gasteiger partial charge in [-0.1, -0.05) is 50.6 Å². The van der Waals surface area contributed by atoms with E-state index in [0.29, 0.717) is 0 Å². The highest BCUT2D eigenvalue weighted by Gasteiger charge is 2.38. The molecule has 1 unspecified atom stereocenters. The molecule has 1 nitrogen and oxygen atoms in total. The zero-order chi connectivity index (χ0) is 16.1. The van der Waals surface area contributed by atoms with E-state index in [1.807, 2.05) is 27.7 Å². The minimum atomic E-state index is -3.41. The molecule has 116 valence electrons. The topological polar surface area (TPSA) is 20.2 Å². The van der Waals surface area contributed by atoms with Crippen molar-refractivity contribution < 1.29 is 13.9 Å². The van der Waals surface area contributed by atoms with Gasteiger partial charge in [0.25, 0.3) is 0 Å². The van der Waals surface area contributed by atoms with Crippen molar-refractivity contribution in [3.05, 3.63) is 35.4 Å². The molecule has 0 radical (unpaired) electrons. The van der Waals surface area contributed by atoms with Crippen LogP contribution in [0.3, 0.4) is 0 Å². The number of aliphatic hydroxyl groups excluding tert-OH is 1. The summed E-state index contributed by atoms with van der Waals surface area (Å²) in [6.07, 6.45) is -1.87. The molecule has 4 heteroatoms. The van der Waals surface area contributed by atoms with Crippen LogP contribution in [0.15, 0.2) is 24.3 Å². The van der Waals surface area contributed by atoms with Crippen molar-refractivity contribution in [1.29, 1.82) is 0 Å². The number of alkyl halides is 2. The Morgan fingerprint density at radius 2 is 1.57 bits per heavy atom. The van der Waals surface area contributed by atoms with Gasteiger partial charge in [-0.15, -0.1) is 5.54 Å². The molecule has 0 bridgehead atoms. The molecule has 21 heavy (non-hydrogen) atoms. The first-order chi connectivity index (χ1) is 9.80. The highest BCUT2D eigenvalue weighted by atomic mass is 28.3. The summed E-state index contributed by atoms with van der Waals surface area (Å²) in [7, 11) is -1.94. The molecule has 1 atom stereocenters. The number of rotatable bonds is 5. The van der Waals surface area contributed by atoms with Crippen LogP contribution in [0.4, 0.5) is 8.78 Å². The van der Waals surface area contributed by atoms with Gasteiger partial charge in [0, 0.05) is 0 Å². The average molecular weight is 310 g/mol. The van der Waals surface area contributed by atoms with Crippen molar-refractivity contribution in [1.82, 2.24) is 0 Å². The minimum Gasteiger partial charge on any atom is -0.381 e. The molecule has 0 saturated heterocycles. The quantitative estimate of drug-likeness (QED) is 0.616. The average Bonchev–Trinajstić information content (AvgIpc) is 2.49. The summed E-state index contributed by atoms with van der Waals surface area (Å²) >= 11 is 0. The van der Waals surface area contributed by atoms with E-state index in [4.69, 9.17) is 0 Å². The van der Waals surface area contributed by atoms with Crippen LogP contribution in [0, 0.1) is 18.4 Å². The van der Waals surface area contributed by atoms with Crippen LogP contribution in [0.5, 0.6) is 0 Å². The van der Waals surface area contributed by atoms with Gasteiger partial charge in [0.15, 0.2) is 6.10 Å². The van der Waals surface area contributed by atoms with Gasteiger partial charge in [0.1, 0.15) is 8.07 Å². The zero-order valence-electron chi connectivity index (χ0n) is 13.2. The maximum absolute atomic E-state index is 14.1. The number of halogens is 2. The molecule has 0 fully saturated rings. The molecule has 1 aromatic rings. The van der Waals surface area contributed by atoms with Gasteiger partial charge < -0.3 is 5.11 Å². The van der Waals surface area contributed by atoms with Crippen LogP contribution in [0.25, 0.3) is 0 Å². The molecule has 0 heterocycles. The number of benzene rings is 1. The largest absolute Gasteiger partial charge is 0.381 e. The molecule has 0 amide bonds. The Labute approximate surface area is 127 Å². The fourth-order valence-corrected chi connectivity index (χ4v) is 4.72. The Balaban J connectivity index is 3.03. The van der Waals surface area contributed by atoms with E-state index in [0.717, 1.165) is 23.7 Å². The Morgan fingerprint density at radius 3 is 2.00 bits per heavy atom. The van der Waals surface area contributed by atoms with Crippen LogP contribution in [-0.4, -0.2) is 19.1 Å². The van der Waals surface area contributed by atoms with Crippen LogP contribution in [-0.2, 0) is 0 Å². The number of hydrogen-bond acceptors (Lipinski definition) is 1. The van der Waals surface area contributed by atoms with E-state index < -0.39 is 20.1 Å². The lowest BCUT2D eigenvalue weighted by molar-refractivity contribution is -0.0635. The van der Waals surface area contributed by atoms with Crippen LogP contribution in [0.2, 0.25) is 18.1 Å². The van der Waals surface area contributed by atoms with Crippen molar-refractivity contribution in [2.75, 3.05) is 0 Å². The lowest BCUT2D eigenvalue weighted by Gasteiger charge is -2.22. The zero-order valence-corrected chi connectivity index (χ0v) is 14.2. The summed E-state index contributed by atoms with van der Waals surface area (Å²) in [5.74, 6) is -1.32. The molecule has 0 spiro atoms. The summed E-state index contributed by atoms with van der Waals surface area (Å²) in [5.41, 5.74) is 4.04. The normalized spacial score (nSPS) is 13.5. The maximum Gasteiger partial charge on any atom is 0.336 e. The van der Waals surface area contributed by atoms with Gasteiger partial charge in [-0.05, 0) is 36.5 Å². The fraction of sp³-hybridized carbons (Fsp3) is 0.529. The highest BCUT2D eigenvalue weighted by Crippen LogP contribution is 2.31. The van der Waals surface area contributed by atoms with Crippen LogP contribution < -0.4 is 0 Å². The van der Waals surface area contributed by atoms with Crippen molar-refractivity contribution >= 4 is 8.07 Å². The Hall–Kier alpha value is -1.18. The third-order valence-electron chi connectivity index (χ3n) is 4.26. The van der Waals surface area contributed by atoms with Gasteiger partial charge in [0.2, 0.25) is 0 Å². The van der Waals surface area contributed by atoms with Gasteiger partial charge in [-0.25, -0.2) is 0 Å². The van der Waals surface area contributed by atoms with Crippen molar-refractivity contribution in [2.45, 2.75) is 57.9 Å². The molecule has 0 aliphatic carbocycles. The van der Waals surface area contributed by atoms with Crippen molar-refractivity contribution in [3.8, 4) is 11.5 Å². The Kier molecular flexibility index (Phi) is 6.12. The van der Waals surface area contributed by atoms with Crippen LogP contribution >= 0.6 is 0 Å². The van der Waals surface area contributed by atoms with Gasteiger partial charge in [-0.2, -0.15) is 8.78 Å².